The SMILES string of the molecule is Cc1nn(CC(O)CC2(O)CCC2)c(=O)s1. The molecular weight excluding hydrogens is 228 g/mol. The highest BCUT2D eigenvalue weighted by molar-refractivity contribution is 7.08. The fraction of sp³-hybridized carbons (Fsp3) is 0.800. The van der Waals surface area contributed by atoms with E-state index in [0.29, 0.717) is 11.4 Å². The van der Waals surface area contributed by atoms with Crippen LogP contribution in [0.1, 0.15) is 30.7 Å². The van der Waals surface area contributed by atoms with Crippen LogP contribution in [-0.4, -0.2) is 31.7 Å². The predicted octanol–water partition coefficient (Wildman–Crippen LogP) is 0.279. The van der Waals surface area contributed by atoms with Gasteiger partial charge in [0.2, 0.25) is 0 Å². The second-order valence-electron chi connectivity index (χ2n) is 4.50. The number of aliphatic hydroxyl groups is 2. The molecule has 1 aliphatic carbocycles. The molecule has 2 N–H and O–H groups in total. The first kappa shape index (κ1) is 11.8. The van der Waals surface area contributed by atoms with Crippen LogP contribution in [0.4, 0.5) is 0 Å². The molecule has 90 valence electrons. The van der Waals surface area contributed by atoms with E-state index >= 15 is 0 Å². The molecule has 0 bridgehead atoms. The third-order valence-electron chi connectivity index (χ3n) is 2.99. The number of aliphatic hydroxyl groups excluding tert-OH is 1. The third-order valence-corrected chi connectivity index (χ3v) is 3.75. The summed E-state index contributed by atoms with van der Waals surface area (Å²) < 4.78 is 1.27. The molecule has 0 amide bonds. The number of aryl methyl sites for hydroxylation is 1. The van der Waals surface area contributed by atoms with Crippen LogP contribution in [0.2, 0.25) is 0 Å². The van der Waals surface area contributed by atoms with E-state index in [1.165, 1.54) is 4.68 Å². The van der Waals surface area contributed by atoms with Gasteiger partial charge in [-0.2, -0.15) is 5.10 Å². The highest BCUT2D eigenvalue weighted by Gasteiger charge is 2.36. The summed E-state index contributed by atoms with van der Waals surface area (Å²) >= 11 is 1.07. The van der Waals surface area contributed by atoms with Crippen molar-refractivity contribution in [2.75, 3.05) is 0 Å². The molecule has 1 aliphatic rings. The van der Waals surface area contributed by atoms with Gasteiger partial charge < -0.3 is 10.2 Å². The van der Waals surface area contributed by atoms with Crippen LogP contribution in [0.5, 0.6) is 0 Å². The monoisotopic (exact) mass is 244 g/mol. The molecule has 0 spiro atoms. The van der Waals surface area contributed by atoms with Crippen molar-refractivity contribution >= 4 is 11.3 Å². The molecule has 6 heteroatoms. The standard InChI is InChI=1S/C10H16N2O3S/c1-7-11-12(9(14)16-7)6-8(13)5-10(15)3-2-4-10/h8,13,15H,2-6H2,1H3. The van der Waals surface area contributed by atoms with Crippen molar-refractivity contribution in [1.82, 2.24) is 9.78 Å². The lowest BCUT2D eigenvalue weighted by molar-refractivity contribution is -0.0713. The molecule has 16 heavy (non-hydrogen) atoms. The fourth-order valence-electron chi connectivity index (χ4n) is 2.02. The summed E-state index contributed by atoms with van der Waals surface area (Å²) in [6, 6.07) is 0. The van der Waals surface area contributed by atoms with Gasteiger partial charge in [-0.05, 0) is 26.2 Å². The van der Waals surface area contributed by atoms with Crippen LogP contribution in [0.15, 0.2) is 4.79 Å². The molecule has 1 heterocycles. The van der Waals surface area contributed by atoms with Gasteiger partial charge in [0, 0.05) is 6.42 Å². The molecular formula is C10H16N2O3S. The van der Waals surface area contributed by atoms with Gasteiger partial charge >= 0.3 is 4.87 Å². The lowest BCUT2D eigenvalue weighted by Crippen LogP contribution is -2.41. The summed E-state index contributed by atoms with van der Waals surface area (Å²) in [5.41, 5.74) is -0.714. The maximum absolute atomic E-state index is 11.4. The zero-order valence-corrected chi connectivity index (χ0v) is 10.0. The minimum absolute atomic E-state index is 0.155. The van der Waals surface area contributed by atoms with Crippen molar-refractivity contribution in [1.29, 1.82) is 0 Å². The van der Waals surface area contributed by atoms with E-state index in [1.54, 1.807) is 6.92 Å². The zero-order chi connectivity index (χ0) is 11.8. The average Bonchev–Trinajstić information content (AvgIpc) is 2.42. The summed E-state index contributed by atoms with van der Waals surface area (Å²) in [7, 11) is 0. The van der Waals surface area contributed by atoms with Crippen molar-refractivity contribution < 1.29 is 10.2 Å². The molecule has 0 aromatic carbocycles. The van der Waals surface area contributed by atoms with E-state index in [9.17, 15) is 15.0 Å². The summed E-state index contributed by atoms with van der Waals surface area (Å²) in [5.74, 6) is 0. The maximum Gasteiger partial charge on any atom is 0.325 e. The van der Waals surface area contributed by atoms with Gasteiger partial charge in [0.15, 0.2) is 0 Å². The second-order valence-corrected chi connectivity index (χ2v) is 5.65. The van der Waals surface area contributed by atoms with Crippen LogP contribution >= 0.6 is 11.3 Å². The largest absolute Gasteiger partial charge is 0.391 e. The van der Waals surface area contributed by atoms with Crippen molar-refractivity contribution in [2.24, 2.45) is 0 Å². The average molecular weight is 244 g/mol. The summed E-state index contributed by atoms with van der Waals surface area (Å²) in [6.07, 6.45) is 2.13. The van der Waals surface area contributed by atoms with E-state index in [0.717, 1.165) is 30.6 Å². The summed E-state index contributed by atoms with van der Waals surface area (Å²) in [4.78, 5) is 11.2. The van der Waals surface area contributed by atoms with Crippen LogP contribution in [0.25, 0.3) is 0 Å². The third kappa shape index (κ3) is 2.50. The first-order chi connectivity index (χ1) is 7.48. The van der Waals surface area contributed by atoms with Gasteiger partial charge in [-0.1, -0.05) is 11.3 Å². The van der Waals surface area contributed by atoms with Crippen molar-refractivity contribution in [3.63, 3.8) is 0 Å². The molecule has 1 fully saturated rings. The Morgan fingerprint density at radius 3 is 2.75 bits per heavy atom. The normalized spacial score (nSPS) is 20.4. The molecule has 5 nitrogen and oxygen atoms in total. The Morgan fingerprint density at radius 2 is 2.31 bits per heavy atom. The number of aromatic nitrogens is 2. The Morgan fingerprint density at radius 1 is 1.62 bits per heavy atom. The first-order valence-corrected chi connectivity index (χ1v) is 6.25. The van der Waals surface area contributed by atoms with Crippen molar-refractivity contribution in [2.45, 2.75) is 50.9 Å². The number of hydrogen-bond donors (Lipinski definition) is 2. The Labute approximate surface area is 97.4 Å². The topological polar surface area (TPSA) is 75.3 Å². The molecule has 1 aromatic heterocycles. The quantitative estimate of drug-likeness (QED) is 0.797. The van der Waals surface area contributed by atoms with E-state index in [2.05, 4.69) is 5.10 Å². The van der Waals surface area contributed by atoms with Crippen LogP contribution in [-0.2, 0) is 6.54 Å². The number of rotatable bonds is 4. The lowest BCUT2D eigenvalue weighted by atomic mass is 9.76. The number of nitrogens with zero attached hydrogens (tertiary/aromatic N) is 2. The highest BCUT2D eigenvalue weighted by Crippen LogP contribution is 2.35. The molecule has 1 aromatic rings. The lowest BCUT2D eigenvalue weighted by Gasteiger charge is -2.38. The minimum Gasteiger partial charge on any atom is -0.391 e. The Kier molecular flexibility index (Phi) is 3.14. The van der Waals surface area contributed by atoms with E-state index in [-0.39, 0.29) is 11.4 Å². The second kappa shape index (κ2) is 4.27. The molecule has 1 atom stereocenters. The van der Waals surface area contributed by atoms with Gasteiger partial charge in [-0.25, -0.2) is 4.68 Å². The fourth-order valence-corrected chi connectivity index (χ4v) is 2.63. The minimum atomic E-state index is -0.714. The van der Waals surface area contributed by atoms with Crippen molar-refractivity contribution in [3.05, 3.63) is 14.7 Å². The van der Waals surface area contributed by atoms with Crippen molar-refractivity contribution in [3.8, 4) is 0 Å². The maximum atomic E-state index is 11.4. The Bertz CT molecular complexity index is 422. The molecule has 1 unspecified atom stereocenters. The highest BCUT2D eigenvalue weighted by atomic mass is 32.1. The number of hydrogen-bond acceptors (Lipinski definition) is 5. The van der Waals surface area contributed by atoms with Gasteiger partial charge in [0.25, 0.3) is 0 Å². The molecule has 2 rings (SSSR count). The van der Waals surface area contributed by atoms with Crippen LogP contribution in [0, 0.1) is 6.92 Å². The van der Waals surface area contributed by atoms with Crippen LogP contribution < -0.4 is 4.87 Å². The molecule has 0 aliphatic heterocycles. The van der Waals surface area contributed by atoms with E-state index < -0.39 is 11.7 Å². The smallest absolute Gasteiger partial charge is 0.325 e. The van der Waals surface area contributed by atoms with Gasteiger partial charge in [-0.15, -0.1) is 0 Å². The first-order valence-electron chi connectivity index (χ1n) is 5.43. The van der Waals surface area contributed by atoms with E-state index in [1.807, 2.05) is 0 Å². The summed E-state index contributed by atoms with van der Waals surface area (Å²) in [5, 5.41) is 24.3. The predicted molar refractivity (Wildman–Crippen MR) is 60.5 cm³/mol. The van der Waals surface area contributed by atoms with Crippen LogP contribution in [0.3, 0.4) is 0 Å². The van der Waals surface area contributed by atoms with Gasteiger partial charge in [0.1, 0.15) is 5.01 Å². The van der Waals surface area contributed by atoms with Gasteiger partial charge in [0.05, 0.1) is 18.2 Å². The van der Waals surface area contributed by atoms with E-state index in [4.69, 9.17) is 0 Å². The summed E-state index contributed by atoms with van der Waals surface area (Å²) in [6.45, 7) is 1.93. The zero-order valence-electron chi connectivity index (χ0n) is 9.22. The Hall–Kier alpha value is -0.720. The Balaban J connectivity index is 1.94. The molecule has 0 saturated heterocycles. The molecule has 0 radical (unpaired) electrons. The molecule has 1 saturated carbocycles. The van der Waals surface area contributed by atoms with Gasteiger partial charge in [-0.3, -0.25) is 4.79 Å².